The average Bonchev–Trinajstić information content (AvgIpc) is 2.47. The molecule has 2 aromatic rings. The Bertz CT molecular complexity index is 544. The van der Waals surface area contributed by atoms with Crippen LogP contribution < -0.4 is 10.1 Å². The predicted molar refractivity (Wildman–Crippen MR) is 79.9 cm³/mol. The minimum Gasteiger partial charge on any atom is -0.489 e. The Morgan fingerprint density at radius 2 is 2.05 bits per heavy atom. The number of rotatable bonds is 7. The summed E-state index contributed by atoms with van der Waals surface area (Å²) in [7, 11) is 1.69. The lowest BCUT2D eigenvalue weighted by molar-refractivity contribution is 0.184. The molecule has 0 saturated carbocycles. The van der Waals surface area contributed by atoms with Crippen LogP contribution >= 0.6 is 0 Å². The van der Waals surface area contributed by atoms with Crippen LogP contribution in [0.5, 0.6) is 5.75 Å². The van der Waals surface area contributed by atoms with E-state index in [9.17, 15) is 0 Å². The maximum atomic E-state index is 5.83. The normalized spacial score (nSPS) is 10.3. The maximum absolute atomic E-state index is 5.83. The number of pyridine rings is 1. The van der Waals surface area contributed by atoms with Crippen molar-refractivity contribution in [2.45, 2.75) is 20.1 Å². The molecule has 1 aromatic heterocycles. The molecule has 0 unspecified atom stereocenters. The summed E-state index contributed by atoms with van der Waals surface area (Å²) in [5.74, 6) is 1.72. The fourth-order valence-electron chi connectivity index (χ4n) is 1.93. The molecule has 0 fully saturated rings. The Kier molecular flexibility index (Phi) is 5.38. The van der Waals surface area contributed by atoms with Gasteiger partial charge in [-0.3, -0.25) is 0 Å². The first kappa shape index (κ1) is 14.3. The lowest BCUT2D eigenvalue weighted by Gasteiger charge is -2.11. The van der Waals surface area contributed by atoms with Crippen molar-refractivity contribution in [1.82, 2.24) is 4.98 Å². The molecule has 4 heteroatoms. The summed E-state index contributed by atoms with van der Waals surface area (Å²) in [5.41, 5.74) is 2.15. The van der Waals surface area contributed by atoms with Gasteiger partial charge in [0.25, 0.3) is 0 Å². The third kappa shape index (κ3) is 3.96. The molecular formula is C16H20N2O2. The third-order valence-electron chi connectivity index (χ3n) is 2.84. The minimum atomic E-state index is 0.493. The molecule has 0 atom stereocenters. The molecule has 0 aliphatic rings. The predicted octanol–water partition coefficient (Wildman–Crippen LogP) is 3.24. The molecule has 1 aromatic carbocycles. The molecule has 0 saturated heterocycles. The fraction of sp³-hybridized carbons (Fsp3) is 0.312. The van der Waals surface area contributed by atoms with Gasteiger partial charge in [-0.1, -0.05) is 18.2 Å². The van der Waals surface area contributed by atoms with E-state index in [1.54, 1.807) is 13.3 Å². The largest absolute Gasteiger partial charge is 0.489 e. The Morgan fingerprint density at radius 1 is 1.15 bits per heavy atom. The van der Waals surface area contributed by atoms with Gasteiger partial charge < -0.3 is 14.8 Å². The zero-order chi connectivity index (χ0) is 14.2. The van der Waals surface area contributed by atoms with Gasteiger partial charge in [0, 0.05) is 25.4 Å². The number of aromatic nitrogens is 1. The van der Waals surface area contributed by atoms with Crippen molar-refractivity contribution in [1.29, 1.82) is 0 Å². The highest BCUT2D eigenvalue weighted by Gasteiger charge is 2.03. The van der Waals surface area contributed by atoms with Gasteiger partial charge in [0.2, 0.25) is 0 Å². The van der Waals surface area contributed by atoms with Gasteiger partial charge in [0.05, 0.1) is 6.61 Å². The van der Waals surface area contributed by atoms with E-state index in [4.69, 9.17) is 9.47 Å². The highest BCUT2D eigenvalue weighted by molar-refractivity contribution is 5.43. The molecule has 0 amide bonds. The van der Waals surface area contributed by atoms with Crippen LogP contribution in [-0.2, 0) is 18.0 Å². The molecule has 2 rings (SSSR count). The molecule has 0 aliphatic carbocycles. The SMILES string of the molecule is CCNc1ncccc1COc1cccc(COC)c1. The van der Waals surface area contributed by atoms with Gasteiger partial charge in [-0.05, 0) is 30.7 Å². The van der Waals surface area contributed by atoms with E-state index in [2.05, 4.69) is 10.3 Å². The van der Waals surface area contributed by atoms with Crippen LogP contribution in [-0.4, -0.2) is 18.6 Å². The van der Waals surface area contributed by atoms with Gasteiger partial charge >= 0.3 is 0 Å². The van der Waals surface area contributed by atoms with Gasteiger partial charge in [0.15, 0.2) is 0 Å². The van der Waals surface area contributed by atoms with Crippen LogP contribution in [0, 0.1) is 0 Å². The van der Waals surface area contributed by atoms with Gasteiger partial charge in [-0.25, -0.2) is 4.98 Å². The molecule has 20 heavy (non-hydrogen) atoms. The summed E-state index contributed by atoms with van der Waals surface area (Å²) in [6.45, 7) is 3.97. The molecular weight excluding hydrogens is 252 g/mol. The number of nitrogens with zero attached hydrogens (tertiary/aromatic N) is 1. The minimum absolute atomic E-state index is 0.493. The van der Waals surface area contributed by atoms with Crippen LogP contribution in [0.1, 0.15) is 18.1 Å². The monoisotopic (exact) mass is 272 g/mol. The number of anilines is 1. The van der Waals surface area contributed by atoms with Crippen molar-refractivity contribution >= 4 is 5.82 Å². The highest BCUT2D eigenvalue weighted by atomic mass is 16.5. The van der Waals surface area contributed by atoms with Crippen molar-refractivity contribution in [2.24, 2.45) is 0 Å². The average molecular weight is 272 g/mol. The maximum Gasteiger partial charge on any atom is 0.132 e. The lowest BCUT2D eigenvalue weighted by Crippen LogP contribution is -2.05. The second-order valence-electron chi connectivity index (χ2n) is 4.41. The Hall–Kier alpha value is -2.07. The van der Waals surface area contributed by atoms with Crippen molar-refractivity contribution in [3.8, 4) is 5.75 Å². The molecule has 0 aliphatic heterocycles. The van der Waals surface area contributed by atoms with E-state index in [0.717, 1.165) is 29.2 Å². The van der Waals surface area contributed by atoms with E-state index in [1.807, 2.05) is 43.3 Å². The van der Waals surface area contributed by atoms with Crippen LogP contribution in [0.15, 0.2) is 42.6 Å². The smallest absolute Gasteiger partial charge is 0.132 e. The summed E-state index contributed by atoms with van der Waals surface area (Å²) in [5, 5.41) is 3.23. The fourth-order valence-corrected chi connectivity index (χ4v) is 1.93. The van der Waals surface area contributed by atoms with Crippen LogP contribution in [0.2, 0.25) is 0 Å². The summed E-state index contributed by atoms with van der Waals surface area (Å²) in [4.78, 5) is 4.32. The number of hydrogen-bond acceptors (Lipinski definition) is 4. The Morgan fingerprint density at radius 3 is 2.85 bits per heavy atom. The molecule has 4 nitrogen and oxygen atoms in total. The first-order valence-electron chi connectivity index (χ1n) is 6.72. The number of benzene rings is 1. The van der Waals surface area contributed by atoms with E-state index in [-0.39, 0.29) is 0 Å². The van der Waals surface area contributed by atoms with E-state index < -0.39 is 0 Å². The third-order valence-corrected chi connectivity index (χ3v) is 2.84. The quantitative estimate of drug-likeness (QED) is 0.840. The van der Waals surface area contributed by atoms with E-state index in [0.29, 0.717) is 13.2 Å². The van der Waals surface area contributed by atoms with Crippen LogP contribution in [0.4, 0.5) is 5.82 Å². The first-order chi connectivity index (χ1) is 9.83. The summed E-state index contributed by atoms with van der Waals surface area (Å²) < 4.78 is 11.0. The van der Waals surface area contributed by atoms with Gasteiger partial charge in [-0.15, -0.1) is 0 Å². The number of hydrogen-bond donors (Lipinski definition) is 1. The Labute approximate surface area is 119 Å². The van der Waals surface area contributed by atoms with Gasteiger partial charge in [-0.2, -0.15) is 0 Å². The molecule has 0 spiro atoms. The number of methoxy groups -OCH3 is 1. The second-order valence-corrected chi connectivity index (χ2v) is 4.41. The summed E-state index contributed by atoms with van der Waals surface area (Å²) >= 11 is 0. The zero-order valence-corrected chi connectivity index (χ0v) is 11.9. The molecule has 0 radical (unpaired) electrons. The Balaban J connectivity index is 2.03. The van der Waals surface area contributed by atoms with Crippen LogP contribution in [0.25, 0.3) is 0 Å². The molecule has 1 heterocycles. The van der Waals surface area contributed by atoms with Crippen molar-refractivity contribution in [3.63, 3.8) is 0 Å². The molecule has 106 valence electrons. The highest BCUT2D eigenvalue weighted by Crippen LogP contribution is 2.18. The van der Waals surface area contributed by atoms with Gasteiger partial charge in [0.1, 0.15) is 18.2 Å². The molecule has 0 bridgehead atoms. The number of nitrogens with one attached hydrogen (secondary N) is 1. The van der Waals surface area contributed by atoms with E-state index >= 15 is 0 Å². The van der Waals surface area contributed by atoms with Crippen molar-refractivity contribution in [2.75, 3.05) is 19.0 Å². The summed E-state index contributed by atoms with van der Waals surface area (Å²) in [6.07, 6.45) is 1.78. The standard InChI is InChI=1S/C16H20N2O2/c1-3-17-16-14(7-5-9-18-16)12-20-15-8-4-6-13(10-15)11-19-2/h4-10H,3,11-12H2,1-2H3,(H,17,18). The van der Waals surface area contributed by atoms with Crippen molar-refractivity contribution < 1.29 is 9.47 Å². The number of ether oxygens (including phenoxy) is 2. The molecule has 1 N–H and O–H groups in total. The lowest BCUT2D eigenvalue weighted by atomic mass is 10.2. The topological polar surface area (TPSA) is 43.4 Å². The summed E-state index contributed by atoms with van der Waals surface area (Å²) in [6, 6.07) is 11.9. The van der Waals surface area contributed by atoms with Crippen LogP contribution in [0.3, 0.4) is 0 Å². The van der Waals surface area contributed by atoms with E-state index in [1.165, 1.54) is 0 Å². The zero-order valence-electron chi connectivity index (χ0n) is 11.9. The second kappa shape index (κ2) is 7.50. The van der Waals surface area contributed by atoms with Crippen molar-refractivity contribution in [3.05, 3.63) is 53.7 Å². The first-order valence-corrected chi connectivity index (χ1v) is 6.72.